The number of sulfonamides is 1. The summed E-state index contributed by atoms with van der Waals surface area (Å²) in [5.74, 6) is -0.450. The molecule has 3 rings (SSSR count). The van der Waals surface area contributed by atoms with Gasteiger partial charge in [0.25, 0.3) is 0 Å². The second kappa shape index (κ2) is 10.2. The molecule has 1 aliphatic heterocycles. The van der Waals surface area contributed by atoms with Crippen LogP contribution in [0.1, 0.15) is 30.0 Å². The van der Waals surface area contributed by atoms with Crippen LogP contribution in [0.5, 0.6) is 0 Å². The third-order valence-electron chi connectivity index (χ3n) is 5.60. The maximum absolute atomic E-state index is 13.1. The second-order valence-electron chi connectivity index (χ2n) is 8.00. The molecule has 6 nitrogen and oxygen atoms in total. The SMILES string of the molecule is CCOC(=O)CC1CN(S(=O)(=O)c2ccc(C)cc2)CCN1Cc1ccc(C(F)(F)F)cc1. The van der Waals surface area contributed by atoms with Gasteiger partial charge in [0.15, 0.2) is 0 Å². The van der Waals surface area contributed by atoms with Crippen molar-refractivity contribution in [1.29, 1.82) is 0 Å². The van der Waals surface area contributed by atoms with Gasteiger partial charge in [0, 0.05) is 32.2 Å². The van der Waals surface area contributed by atoms with Crippen molar-refractivity contribution in [1.82, 2.24) is 9.21 Å². The van der Waals surface area contributed by atoms with Gasteiger partial charge in [-0.25, -0.2) is 8.42 Å². The molecule has 0 spiro atoms. The van der Waals surface area contributed by atoms with E-state index < -0.39 is 33.8 Å². The third-order valence-corrected chi connectivity index (χ3v) is 7.48. The lowest BCUT2D eigenvalue weighted by atomic mass is 10.1. The average Bonchev–Trinajstić information content (AvgIpc) is 2.75. The molecule has 1 atom stereocenters. The predicted molar refractivity (Wildman–Crippen MR) is 117 cm³/mol. The quantitative estimate of drug-likeness (QED) is 0.559. The van der Waals surface area contributed by atoms with Crippen LogP contribution in [0, 0.1) is 6.92 Å². The van der Waals surface area contributed by atoms with E-state index in [0.717, 1.165) is 17.7 Å². The average molecular weight is 485 g/mol. The van der Waals surface area contributed by atoms with Crippen LogP contribution in [0.3, 0.4) is 0 Å². The first-order valence-electron chi connectivity index (χ1n) is 10.6. The summed E-state index contributed by atoms with van der Waals surface area (Å²) >= 11 is 0. The fourth-order valence-corrected chi connectivity index (χ4v) is 5.26. The van der Waals surface area contributed by atoms with Crippen molar-refractivity contribution in [2.24, 2.45) is 0 Å². The second-order valence-corrected chi connectivity index (χ2v) is 9.94. The van der Waals surface area contributed by atoms with E-state index in [1.807, 2.05) is 11.8 Å². The first-order valence-corrected chi connectivity index (χ1v) is 12.1. The number of hydrogen-bond donors (Lipinski definition) is 0. The Balaban J connectivity index is 1.79. The molecule has 0 amide bonds. The van der Waals surface area contributed by atoms with Crippen LogP contribution < -0.4 is 0 Å². The minimum absolute atomic E-state index is 0.0195. The third kappa shape index (κ3) is 6.33. The van der Waals surface area contributed by atoms with E-state index in [4.69, 9.17) is 4.74 Å². The highest BCUT2D eigenvalue weighted by Crippen LogP contribution is 2.30. The molecule has 1 unspecified atom stereocenters. The molecular formula is C23H27F3N2O4S. The van der Waals surface area contributed by atoms with E-state index in [0.29, 0.717) is 18.7 Å². The van der Waals surface area contributed by atoms with Crippen LogP contribution in [-0.2, 0) is 32.3 Å². The van der Waals surface area contributed by atoms with Crippen molar-refractivity contribution in [2.45, 2.75) is 43.9 Å². The van der Waals surface area contributed by atoms with Crippen molar-refractivity contribution in [3.05, 3.63) is 65.2 Å². The van der Waals surface area contributed by atoms with Crippen LogP contribution >= 0.6 is 0 Å². The number of carbonyl (C=O) groups excluding carboxylic acids is 1. The van der Waals surface area contributed by atoms with Crippen molar-refractivity contribution in [2.75, 3.05) is 26.2 Å². The zero-order valence-corrected chi connectivity index (χ0v) is 19.3. The molecule has 180 valence electrons. The fraction of sp³-hybridized carbons (Fsp3) is 0.435. The molecular weight excluding hydrogens is 457 g/mol. The largest absolute Gasteiger partial charge is 0.466 e. The number of halogens is 3. The topological polar surface area (TPSA) is 66.9 Å². The van der Waals surface area contributed by atoms with E-state index in [2.05, 4.69) is 0 Å². The van der Waals surface area contributed by atoms with Crippen molar-refractivity contribution < 1.29 is 31.1 Å². The Morgan fingerprint density at radius 1 is 1.06 bits per heavy atom. The summed E-state index contributed by atoms with van der Waals surface area (Å²) in [5, 5.41) is 0. The maximum atomic E-state index is 13.1. The molecule has 2 aromatic rings. The highest BCUT2D eigenvalue weighted by Gasteiger charge is 2.36. The molecule has 0 aliphatic carbocycles. The lowest BCUT2D eigenvalue weighted by Crippen LogP contribution is -2.54. The summed E-state index contributed by atoms with van der Waals surface area (Å²) in [6.07, 6.45) is -4.44. The van der Waals surface area contributed by atoms with E-state index in [-0.39, 0.29) is 31.0 Å². The zero-order valence-electron chi connectivity index (χ0n) is 18.5. The Morgan fingerprint density at radius 3 is 2.27 bits per heavy atom. The summed E-state index contributed by atoms with van der Waals surface area (Å²) in [4.78, 5) is 14.3. The minimum atomic E-state index is -4.42. The van der Waals surface area contributed by atoms with Gasteiger partial charge in [-0.05, 0) is 43.7 Å². The summed E-state index contributed by atoms with van der Waals surface area (Å²) in [5.41, 5.74) is 0.852. The molecule has 10 heteroatoms. The van der Waals surface area contributed by atoms with Gasteiger partial charge in [-0.1, -0.05) is 29.8 Å². The van der Waals surface area contributed by atoms with Gasteiger partial charge in [0.05, 0.1) is 23.5 Å². The monoisotopic (exact) mass is 484 g/mol. The Kier molecular flexibility index (Phi) is 7.81. The number of benzene rings is 2. The van der Waals surface area contributed by atoms with Crippen LogP contribution in [0.15, 0.2) is 53.4 Å². The van der Waals surface area contributed by atoms with Crippen molar-refractivity contribution >= 4 is 16.0 Å². The van der Waals surface area contributed by atoms with Gasteiger partial charge >= 0.3 is 12.1 Å². The molecule has 1 fully saturated rings. The van der Waals surface area contributed by atoms with E-state index in [1.54, 1.807) is 31.2 Å². The standard InChI is InChI=1S/C23H27F3N2O4S/c1-3-32-22(29)14-20-16-28(33(30,31)21-10-4-17(2)5-11-21)13-12-27(20)15-18-6-8-19(9-7-18)23(24,25)26/h4-11,20H,3,12-16H2,1-2H3. The van der Waals surface area contributed by atoms with Gasteiger partial charge in [-0.3, -0.25) is 9.69 Å². The number of piperazine rings is 1. The lowest BCUT2D eigenvalue weighted by molar-refractivity contribution is -0.145. The Bertz CT molecular complexity index is 1050. The number of alkyl halides is 3. The highest BCUT2D eigenvalue weighted by molar-refractivity contribution is 7.89. The number of esters is 1. The molecule has 0 saturated carbocycles. The summed E-state index contributed by atoms with van der Waals surface area (Å²) < 4.78 is 71.2. The molecule has 2 aromatic carbocycles. The molecule has 0 aromatic heterocycles. The minimum Gasteiger partial charge on any atom is -0.466 e. The molecule has 0 N–H and O–H groups in total. The van der Waals surface area contributed by atoms with Crippen molar-refractivity contribution in [3.63, 3.8) is 0 Å². The van der Waals surface area contributed by atoms with Gasteiger partial charge < -0.3 is 4.74 Å². The molecule has 1 aliphatic rings. The summed E-state index contributed by atoms with van der Waals surface area (Å²) in [6.45, 7) is 4.66. The van der Waals surface area contributed by atoms with Crippen LogP contribution in [0.2, 0.25) is 0 Å². The summed E-state index contributed by atoms with van der Waals surface area (Å²) in [6, 6.07) is 10.9. The van der Waals surface area contributed by atoms with Gasteiger partial charge in [-0.2, -0.15) is 17.5 Å². The van der Waals surface area contributed by atoms with E-state index in [1.165, 1.54) is 16.4 Å². The maximum Gasteiger partial charge on any atom is 0.416 e. The molecule has 33 heavy (non-hydrogen) atoms. The summed E-state index contributed by atoms with van der Waals surface area (Å²) in [7, 11) is -3.75. The normalized spacial score (nSPS) is 18.3. The number of carbonyl (C=O) groups is 1. The van der Waals surface area contributed by atoms with Crippen molar-refractivity contribution in [3.8, 4) is 0 Å². The number of aryl methyl sites for hydroxylation is 1. The van der Waals surface area contributed by atoms with E-state index in [9.17, 15) is 26.4 Å². The number of nitrogens with zero attached hydrogens (tertiary/aromatic N) is 2. The zero-order chi connectivity index (χ0) is 24.2. The van der Waals surface area contributed by atoms with E-state index >= 15 is 0 Å². The number of rotatable bonds is 7. The Morgan fingerprint density at radius 2 is 1.70 bits per heavy atom. The number of ether oxygens (including phenoxy) is 1. The Hall–Kier alpha value is -2.43. The van der Waals surface area contributed by atoms with Gasteiger partial charge in [-0.15, -0.1) is 0 Å². The molecule has 0 bridgehead atoms. The van der Waals surface area contributed by atoms with Gasteiger partial charge in [0.2, 0.25) is 10.0 Å². The van der Waals surface area contributed by atoms with Crippen LogP contribution in [-0.4, -0.2) is 55.9 Å². The fourth-order valence-electron chi connectivity index (χ4n) is 3.79. The lowest BCUT2D eigenvalue weighted by Gasteiger charge is -2.40. The molecule has 1 heterocycles. The van der Waals surface area contributed by atoms with Gasteiger partial charge in [0.1, 0.15) is 0 Å². The predicted octanol–water partition coefficient (Wildman–Crippen LogP) is 3.84. The first kappa shape index (κ1) is 25.2. The first-order chi connectivity index (χ1) is 15.5. The molecule has 1 saturated heterocycles. The smallest absolute Gasteiger partial charge is 0.416 e. The molecule has 0 radical (unpaired) electrons. The highest BCUT2D eigenvalue weighted by atomic mass is 32.2. The Labute approximate surface area is 192 Å². The van der Waals surface area contributed by atoms with Crippen LogP contribution in [0.4, 0.5) is 13.2 Å². The number of hydrogen-bond acceptors (Lipinski definition) is 5. The van der Waals surface area contributed by atoms with Crippen LogP contribution in [0.25, 0.3) is 0 Å².